The zero-order chi connectivity index (χ0) is 16.2. The number of rotatable bonds is 4. The summed E-state index contributed by atoms with van der Waals surface area (Å²) in [6, 6.07) is 0. The third-order valence-electron chi connectivity index (χ3n) is 7.99. The average molecular weight is 304 g/mol. The van der Waals surface area contributed by atoms with Crippen LogP contribution in [0, 0.1) is 22.7 Å². The van der Waals surface area contributed by atoms with E-state index in [0.29, 0.717) is 16.9 Å². The Kier molecular flexibility index (Phi) is 3.83. The van der Waals surface area contributed by atoms with Gasteiger partial charge in [-0.1, -0.05) is 26.3 Å². The molecule has 0 N–H and O–H groups in total. The van der Waals surface area contributed by atoms with E-state index >= 15 is 0 Å². The second-order valence-electron chi connectivity index (χ2n) is 8.86. The molecule has 1 aliphatic heterocycles. The summed E-state index contributed by atoms with van der Waals surface area (Å²) < 4.78 is 6.17. The van der Waals surface area contributed by atoms with E-state index in [1.165, 1.54) is 37.7 Å². The van der Waals surface area contributed by atoms with E-state index in [0.717, 1.165) is 24.5 Å². The number of allylic oxidation sites excluding steroid dienone is 2. The number of ether oxygens (including phenoxy) is 1. The molecule has 3 aliphatic rings. The van der Waals surface area contributed by atoms with Gasteiger partial charge in [-0.3, -0.25) is 4.79 Å². The maximum absolute atomic E-state index is 10.7. The Balaban J connectivity index is 1.85. The van der Waals surface area contributed by atoms with Crippen LogP contribution in [0.15, 0.2) is 11.6 Å². The Morgan fingerprint density at radius 1 is 1.23 bits per heavy atom. The van der Waals surface area contributed by atoms with Gasteiger partial charge in [0.05, 0.1) is 11.7 Å². The molecule has 124 valence electrons. The highest BCUT2D eigenvalue weighted by Crippen LogP contribution is 2.70. The Hall–Kier alpha value is -0.630. The first-order chi connectivity index (χ1) is 10.3. The van der Waals surface area contributed by atoms with Gasteiger partial charge in [0.25, 0.3) is 0 Å². The molecular formula is C20H32O2. The molecule has 3 rings (SSSR count). The van der Waals surface area contributed by atoms with Crippen LogP contribution in [0.25, 0.3) is 0 Å². The number of hydrogen-bond donors (Lipinski definition) is 0. The Bertz CT molecular complexity index is 496. The van der Waals surface area contributed by atoms with Crippen molar-refractivity contribution in [2.24, 2.45) is 22.7 Å². The molecule has 2 saturated carbocycles. The molecule has 2 aliphatic carbocycles. The number of carbonyl (C=O) groups excluding carboxylic acids is 1. The third-order valence-corrected chi connectivity index (χ3v) is 7.99. The summed E-state index contributed by atoms with van der Waals surface area (Å²) in [5.41, 5.74) is 2.05. The minimum Gasteiger partial charge on any atom is -0.366 e. The lowest BCUT2D eigenvalue weighted by atomic mass is 9.44. The van der Waals surface area contributed by atoms with Crippen molar-refractivity contribution in [2.45, 2.75) is 84.8 Å². The molecule has 0 aromatic rings. The Morgan fingerprint density at radius 3 is 2.64 bits per heavy atom. The van der Waals surface area contributed by atoms with Crippen molar-refractivity contribution in [1.82, 2.24) is 0 Å². The minimum absolute atomic E-state index is 0.130. The molecule has 0 aromatic heterocycles. The van der Waals surface area contributed by atoms with Gasteiger partial charge in [-0.05, 0) is 75.7 Å². The fraction of sp³-hybridized carbons (Fsp3) is 0.850. The van der Waals surface area contributed by atoms with Crippen molar-refractivity contribution in [3.63, 3.8) is 0 Å². The van der Waals surface area contributed by atoms with Gasteiger partial charge < -0.3 is 4.74 Å². The standard InChI is InChI=1S/C20H32O2/c1-14(10-13-21)8-11-18(3)15(2)9-12-19(4)16(18)6-7-17-20(19,5)22-17/h10,13,15-17H,6-9,11-12H2,1-5H3. The zero-order valence-corrected chi connectivity index (χ0v) is 14.9. The Morgan fingerprint density at radius 2 is 1.95 bits per heavy atom. The Labute approximate surface area is 135 Å². The van der Waals surface area contributed by atoms with Gasteiger partial charge in [0.2, 0.25) is 0 Å². The van der Waals surface area contributed by atoms with E-state index < -0.39 is 0 Å². The monoisotopic (exact) mass is 304 g/mol. The first-order valence-corrected chi connectivity index (χ1v) is 9.06. The predicted octanol–water partition coefficient (Wildman–Crippen LogP) is 4.92. The van der Waals surface area contributed by atoms with Crippen LogP contribution in [0.2, 0.25) is 0 Å². The van der Waals surface area contributed by atoms with Crippen molar-refractivity contribution < 1.29 is 9.53 Å². The lowest BCUT2D eigenvalue weighted by Crippen LogP contribution is -2.56. The summed E-state index contributed by atoms with van der Waals surface area (Å²) in [5, 5.41) is 0. The van der Waals surface area contributed by atoms with Crippen LogP contribution < -0.4 is 0 Å². The van der Waals surface area contributed by atoms with Gasteiger partial charge in [0, 0.05) is 5.41 Å². The van der Waals surface area contributed by atoms with Crippen LogP contribution >= 0.6 is 0 Å². The van der Waals surface area contributed by atoms with E-state index in [1.54, 1.807) is 6.08 Å². The molecule has 0 bridgehead atoms. The van der Waals surface area contributed by atoms with Crippen molar-refractivity contribution in [2.75, 3.05) is 0 Å². The van der Waals surface area contributed by atoms with Crippen LogP contribution in [0.4, 0.5) is 0 Å². The molecule has 1 saturated heterocycles. The molecule has 0 radical (unpaired) electrons. The zero-order valence-electron chi connectivity index (χ0n) is 14.9. The van der Waals surface area contributed by atoms with E-state index in [4.69, 9.17) is 4.74 Å². The van der Waals surface area contributed by atoms with Crippen molar-refractivity contribution in [3.8, 4) is 0 Å². The maximum atomic E-state index is 10.7. The van der Waals surface area contributed by atoms with Crippen LogP contribution in [0.3, 0.4) is 0 Å². The minimum atomic E-state index is 0.130. The number of fused-ring (bicyclic) bond motifs is 3. The first kappa shape index (κ1) is 16.2. The van der Waals surface area contributed by atoms with E-state index in [2.05, 4.69) is 34.6 Å². The van der Waals surface area contributed by atoms with Gasteiger partial charge in [0.15, 0.2) is 0 Å². The summed E-state index contributed by atoms with van der Waals surface area (Å²) in [6.07, 6.45) is 10.6. The normalized spacial score (nSPS) is 51.0. The fourth-order valence-corrected chi connectivity index (χ4v) is 5.84. The van der Waals surface area contributed by atoms with Crippen LogP contribution in [-0.2, 0) is 9.53 Å². The van der Waals surface area contributed by atoms with Gasteiger partial charge in [0.1, 0.15) is 6.29 Å². The molecule has 2 nitrogen and oxygen atoms in total. The van der Waals surface area contributed by atoms with E-state index in [9.17, 15) is 4.79 Å². The summed E-state index contributed by atoms with van der Waals surface area (Å²) in [6.45, 7) is 11.9. The van der Waals surface area contributed by atoms with Gasteiger partial charge in [-0.2, -0.15) is 0 Å². The quantitative estimate of drug-likeness (QED) is 0.419. The molecule has 2 heteroatoms. The number of carbonyl (C=O) groups is 1. The van der Waals surface area contributed by atoms with Crippen molar-refractivity contribution >= 4 is 6.29 Å². The molecule has 0 aromatic carbocycles. The second kappa shape index (κ2) is 5.19. The summed E-state index contributed by atoms with van der Waals surface area (Å²) in [4.78, 5) is 10.7. The molecule has 6 atom stereocenters. The van der Waals surface area contributed by atoms with Crippen LogP contribution in [0.1, 0.15) is 73.1 Å². The van der Waals surface area contributed by atoms with Crippen molar-refractivity contribution in [3.05, 3.63) is 11.6 Å². The highest BCUT2D eigenvalue weighted by Gasteiger charge is 2.71. The third kappa shape index (κ3) is 2.13. The number of aldehydes is 1. The smallest absolute Gasteiger partial charge is 0.142 e. The summed E-state index contributed by atoms with van der Waals surface area (Å²) >= 11 is 0. The average Bonchev–Trinajstić information content (AvgIpc) is 3.15. The lowest BCUT2D eigenvalue weighted by molar-refractivity contribution is -0.104. The lowest BCUT2D eigenvalue weighted by Gasteiger charge is -2.59. The van der Waals surface area contributed by atoms with Gasteiger partial charge in [-0.25, -0.2) is 0 Å². The number of epoxide rings is 1. The predicted molar refractivity (Wildman–Crippen MR) is 89.7 cm³/mol. The summed E-state index contributed by atoms with van der Waals surface area (Å²) in [7, 11) is 0. The second-order valence-corrected chi connectivity index (χ2v) is 8.86. The fourth-order valence-electron chi connectivity index (χ4n) is 5.84. The molecule has 6 unspecified atom stereocenters. The van der Waals surface area contributed by atoms with Crippen LogP contribution in [0.5, 0.6) is 0 Å². The van der Waals surface area contributed by atoms with Crippen LogP contribution in [-0.4, -0.2) is 18.0 Å². The molecule has 0 spiro atoms. The highest BCUT2D eigenvalue weighted by molar-refractivity contribution is 5.65. The van der Waals surface area contributed by atoms with Crippen molar-refractivity contribution in [1.29, 1.82) is 0 Å². The highest BCUT2D eigenvalue weighted by atomic mass is 16.6. The summed E-state index contributed by atoms with van der Waals surface area (Å²) in [5.74, 6) is 1.50. The molecule has 3 fully saturated rings. The SMILES string of the molecule is CC(=CC=O)CCC1(C)C(C)CCC2(C)C1CCC1OC12C. The van der Waals surface area contributed by atoms with E-state index in [1.807, 2.05) is 0 Å². The first-order valence-electron chi connectivity index (χ1n) is 9.06. The van der Waals surface area contributed by atoms with Gasteiger partial charge in [-0.15, -0.1) is 0 Å². The van der Waals surface area contributed by atoms with E-state index in [-0.39, 0.29) is 5.60 Å². The number of hydrogen-bond acceptors (Lipinski definition) is 2. The topological polar surface area (TPSA) is 29.6 Å². The molecular weight excluding hydrogens is 272 g/mol. The molecule has 1 heterocycles. The molecule has 0 amide bonds. The molecule has 22 heavy (non-hydrogen) atoms. The van der Waals surface area contributed by atoms with Gasteiger partial charge >= 0.3 is 0 Å². The maximum Gasteiger partial charge on any atom is 0.142 e. The largest absolute Gasteiger partial charge is 0.366 e.